The van der Waals surface area contributed by atoms with E-state index in [1.54, 1.807) is 0 Å². The van der Waals surface area contributed by atoms with Crippen LogP contribution in [0, 0.1) is 0 Å². The molecule has 7 nitrogen and oxygen atoms in total. The minimum Gasteiger partial charge on any atom is -0.329 e. The van der Waals surface area contributed by atoms with Gasteiger partial charge in [-0.3, -0.25) is 0 Å². The number of rotatable bonds is 6. The van der Waals surface area contributed by atoms with Crippen molar-refractivity contribution in [2.45, 2.75) is 22.6 Å². The molecular weight excluding hydrogens is 314 g/mol. The SMILES string of the molecule is NCCNS(=O)(=O)c1cccc(S(=O)(=O)N2CCCC2)c1. The monoisotopic (exact) mass is 333 g/mol. The quantitative estimate of drug-likeness (QED) is 0.743. The van der Waals surface area contributed by atoms with Crippen LogP contribution in [0.1, 0.15) is 12.8 Å². The Morgan fingerprint density at radius 3 is 2.33 bits per heavy atom. The van der Waals surface area contributed by atoms with Gasteiger partial charge in [0, 0.05) is 26.2 Å². The van der Waals surface area contributed by atoms with Crippen LogP contribution in [0.5, 0.6) is 0 Å². The molecule has 0 radical (unpaired) electrons. The summed E-state index contributed by atoms with van der Waals surface area (Å²) in [6, 6.07) is 5.39. The van der Waals surface area contributed by atoms with Gasteiger partial charge in [0.05, 0.1) is 9.79 Å². The molecule has 9 heteroatoms. The van der Waals surface area contributed by atoms with Crippen molar-refractivity contribution in [1.29, 1.82) is 0 Å². The van der Waals surface area contributed by atoms with Gasteiger partial charge in [-0.15, -0.1) is 0 Å². The van der Waals surface area contributed by atoms with Crippen LogP contribution >= 0.6 is 0 Å². The average Bonchev–Trinajstić information content (AvgIpc) is 3.00. The molecular formula is C12H19N3O4S2. The summed E-state index contributed by atoms with van der Waals surface area (Å²) in [5, 5.41) is 0. The minimum atomic E-state index is -3.74. The van der Waals surface area contributed by atoms with Crippen molar-refractivity contribution >= 4 is 20.0 Å². The van der Waals surface area contributed by atoms with Crippen molar-refractivity contribution < 1.29 is 16.8 Å². The topological polar surface area (TPSA) is 110 Å². The van der Waals surface area contributed by atoms with Crippen LogP contribution in [0.15, 0.2) is 34.1 Å². The summed E-state index contributed by atoms with van der Waals surface area (Å²) in [6.45, 7) is 1.23. The fourth-order valence-corrected chi connectivity index (χ4v) is 4.89. The van der Waals surface area contributed by atoms with E-state index < -0.39 is 20.0 Å². The predicted octanol–water partition coefficient (Wildman–Crippen LogP) is -0.292. The molecule has 2 rings (SSSR count). The zero-order chi connectivity index (χ0) is 15.5. The van der Waals surface area contributed by atoms with Crippen LogP contribution in [-0.4, -0.2) is 47.3 Å². The lowest BCUT2D eigenvalue weighted by atomic mass is 10.4. The van der Waals surface area contributed by atoms with Gasteiger partial charge in [0.25, 0.3) is 0 Å². The lowest BCUT2D eigenvalue weighted by Gasteiger charge is -2.16. The Kier molecular flexibility index (Phi) is 4.99. The summed E-state index contributed by atoms with van der Waals surface area (Å²) in [7, 11) is -7.37. The summed E-state index contributed by atoms with van der Waals surface area (Å²) >= 11 is 0. The second-order valence-corrected chi connectivity index (χ2v) is 8.48. The molecule has 0 saturated carbocycles. The van der Waals surface area contributed by atoms with Gasteiger partial charge in [0.2, 0.25) is 20.0 Å². The molecule has 1 aromatic rings. The van der Waals surface area contributed by atoms with E-state index in [-0.39, 0.29) is 22.9 Å². The normalized spacial score (nSPS) is 17.2. The molecule has 1 saturated heterocycles. The highest BCUT2D eigenvalue weighted by atomic mass is 32.2. The number of nitrogens with one attached hydrogen (secondary N) is 1. The van der Waals surface area contributed by atoms with Gasteiger partial charge in [0.1, 0.15) is 0 Å². The van der Waals surface area contributed by atoms with Crippen LogP contribution in [-0.2, 0) is 20.0 Å². The third kappa shape index (κ3) is 3.61. The summed E-state index contributed by atoms with van der Waals surface area (Å²) in [4.78, 5) is -0.0729. The highest BCUT2D eigenvalue weighted by Crippen LogP contribution is 2.22. The average molecular weight is 333 g/mol. The second kappa shape index (κ2) is 6.41. The molecule has 0 aliphatic carbocycles. The summed E-state index contributed by atoms with van der Waals surface area (Å²) < 4.78 is 52.6. The van der Waals surface area contributed by atoms with E-state index >= 15 is 0 Å². The first-order chi connectivity index (χ1) is 9.88. The molecule has 1 fully saturated rings. The number of hydrogen-bond acceptors (Lipinski definition) is 5. The van der Waals surface area contributed by atoms with Gasteiger partial charge < -0.3 is 5.73 Å². The standard InChI is InChI=1S/C12H19N3O4S2/c13-6-7-14-20(16,17)11-4-3-5-12(10-11)21(18,19)15-8-1-2-9-15/h3-5,10,14H,1-2,6-9,13H2. The minimum absolute atomic E-state index is 0.0000217. The zero-order valence-electron chi connectivity index (χ0n) is 11.5. The molecule has 0 atom stereocenters. The molecule has 1 aromatic carbocycles. The van der Waals surface area contributed by atoms with Gasteiger partial charge in [-0.2, -0.15) is 4.31 Å². The van der Waals surface area contributed by atoms with Crippen molar-refractivity contribution in [2.24, 2.45) is 5.73 Å². The van der Waals surface area contributed by atoms with Crippen molar-refractivity contribution in [2.75, 3.05) is 26.2 Å². The molecule has 118 valence electrons. The Bertz CT molecular complexity index is 695. The van der Waals surface area contributed by atoms with Crippen LogP contribution in [0.25, 0.3) is 0 Å². The molecule has 0 amide bonds. The third-order valence-corrected chi connectivity index (χ3v) is 6.61. The Morgan fingerprint density at radius 2 is 1.71 bits per heavy atom. The molecule has 21 heavy (non-hydrogen) atoms. The van der Waals surface area contributed by atoms with Crippen molar-refractivity contribution in [3.05, 3.63) is 24.3 Å². The highest BCUT2D eigenvalue weighted by Gasteiger charge is 2.28. The van der Waals surface area contributed by atoms with E-state index in [1.807, 2.05) is 0 Å². The number of benzene rings is 1. The first-order valence-corrected chi connectivity index (χ1v) is 9.60. The first kappa shape index (κ1) is 16.4. The summed E-state index contributed by atoms with van der Waals surface area (Å²) in [5.74, 6) is 0. The van der Waals surface area contributed by atoms with Crippen LogP contribution in [0.4, 0.5) is 0 Å². The van der Waals surface area contributed by atoms with Crippen molar-refractivity contribution in [3.8, 4) is 0 Å². The predicted molar refractivity (Wildman–Crippen MR) is 78.7 cm³/mol. The molecule has 3 N–H and O–H groups in total. The maximum Gasteiger partial charge on any atom is 0.243 e. The molecule has 1 aliphatic rings. The Hall–Kier alpha value is -1.00. The molecule has 0 spiro atoms. The number of nitrogens with zero attached hydrogens (tertiary/aromatic N) is 1. The van der Waals surface area contributed by atoms with E-state index in [1.165, 1.54) is 28.6 Å². The molecule has 1 aliphatic heterocycles. The zero-order valence-corrected chi connectivity index (χ0v) is 13.2. The lowest BCUT2D eigenvalue weighted by Crippen LogP contribution is -2.30. The van der Waals surface area contributed by atoms with Gasteiger partial charge in [-0.05, 0) is 31.0 Å². The van der Waals surface area contributed by atoms with E-state index in [4.69, 9.17) is 5.73 Å². The Morgan fingerprint density at radius 1 is 1.10 bits per heavy atom. The number of nitrogens with two attached hydrogens (primary N) is 1. The maximum atomic E-state index is 12.4. The first-order valence-electron chi connectivity index (χ1n) is 6.68. The lowest BCUT2D eigenvalue weighted by molar-refractivity contribution is 0.477. The van der Waals surface area contributed by atoms with E-state index in [9.17, 15) is 16.8 Å². The van der Waals surface area contributed by atoms with Gasteiger partial charge in [0.15, 0.2) is 0 Å². The highest BCUT2D eigenvalue weighted by molar-refractivity contribution is 7.90. The number of hydrogen-bond donors (Lipinski definition) is 2. The molecule has 0 unspecified atom stereocenters. The van der Waals surface area contributed by atoms with E-state index in [0.29, 0.717) is 13.1 Å². The van der Waals surface area contributed by atoms with Gasteiger partial charge in [-0.1, -0.05) is 6.07 Å². The van der Waals surface area contributed by atoms with Crippen LogP contribution < -0.4 is 10.5 Å². The fraction of sp³-hybridized carbons (Fsp3) is 0.500. The largest absolute Gasteiger partial charge is 0.329 e. The Balaban J connectivity index is 2.33. The van der Waals surface area contributed by atoms with Crippen molar-refractivity contribution in [1.82, 2.24) is 9.03 Å². The smallest absolute Gasteiger partial charge is 0.243 e. The van der Waals surface area contributed by atoms with Gasteiger partial charge in [-0.25, -0.2) is 21.6 Å². The molecule has 0 bridgehead atoms. The third-order valence-electron chi connectivity index (χ3n) is 3.26. The van der Waals surface area contributed by atoms with Crippen LogP contribution in [0.3, 0.4) is 0 Å². The van der Waals surface area contributed by atoms with Crippen LogP contribution in [0.2, 0.25) is 0 Å². The summed E-state index contributed by atoms with van der Waals surface area (Å²) in [5.41, 5.74) is 5.27. The number of sulfonamides is 2. The molecule has 0 aromatic heterocycles. The molecule has 1 heterocycles. The van der Waals surface area contributed by atoms with E-state index in [2.05, 4.69) is 4.72 Å². The Labute approximate surface area is 125 Å². The van der Waals surface area contributed by atoms with Gasteiger partial charge >= 0.3 is 0 Å². The second-order valence-electron chi connectivity index (χ2n) is 4.77. The maximum absolute atomic E-state index is 12.4. The van der Waals surface area contributed by atoms with E-state index in [0.717, 1.165) is 12.8 Å². The fourth-order valence-electron chi connectivity index (χ4n) is 2.16. The van der Waals surface area contributed by atoms with Crippen molar-refractivity contribution in [3.63, 3.8) is 0 Å². The summed E-state index contributed by atoms with van der Waals surface area (Å²) in [6.07, 6.45) is 1.66.